The fourth-order valence-electron chi connectivity index (χ4n) is 2.95. The van der Waals surface area contributed by atoms with E-state index in [-0.39, 0.29) is 26.4 Å². The van der Waals surface area contributed by atoms with Crippen LogP contribution in [0.15, 0.2) is 61.2 Å². The number of aliphatic hydroxyl groups excluding tert-OH is 1. The number of nitrogens with one attached hydrogen (secondary N) is 1. The summed E-state index contributed by atoms with van der Waals surface area (Å²) in [5.74, 6) is 0.457. The second kappa shape index (κ2) is 9.57. The van der Waals surface area contributed by atoms with Crippen LogP contribution >= 0.6 is 0 Å². The lowest BCUT2D eigenvalue weighted by molar-refractivity contribution is -0.137. The third-order valence-electron chi connectivity index (χ3n) is 4.15. The number of carbonyl (C=O) groups excluding carboxylic acids is 2. The van der Waals surface area contributed by atoms with Crippen LogP contribution in [0.1, 0.15) is 0 Å². The molecular weight excluding hydrogens is 374 g/mol. The third-order valence-corrected chi connectivity index (χ3v) is 4.15. The van der Waals surface area contributed by atoms with Crippen LogP contribution in [-0.4, -0.2) is 43.5 Å². The van der Waals surface area contributed by atoms with Crippen molar-refractivity contribution in [3.8, 4) is 11.5 Å². The lowest BCUT2D eigenvalue weighted by atomic mass is 10.0. The molecule has 0 heterocycles. The Morgan fingerprint density at radius 3 is 2.00 bits per heavy atom. The molecule has 0 spiro atoms. The van der Waals surface area contributed by atoms with Crippen molar-refractivity contribution in [1.82, 2.24) is 5.32 Å². The summed E-state index contributed by atoms with van der Waals surface area (Å²) in [6.07, 6.45) is 0.385. The maximum atomic E-state index is 12.3. The number of amides is 1. The summed E-state index contributed by atoms with van der Waals surface area (Å²) >= 11 is 0. The Morgan fingerprint density at radius 2 is 1.48 bits per heavy atom. The molecule has 0 saturated carbocycles. The van der Waals surface area contributed by atoms with E-state index in [0.717, 1.165) is 16.8 Å². The van der Waals surface area contributed by atoms with Gasteiger partial charge in [-0.05, 0) is 0 Å². The zero-order chi connectivity index (χ0) is 20.6. The van der Waals surface area contributed by atoms with E-state index in [4.69, 9.17) is 19.3 Å². The average molecular weight is 395 g/mol. The quantitative estimate of drug-likeness (QED) is 0.263. The van der Waals surface area contributed by atoms with Gasteiger partial charge < -0.3 is 24.6 Å². The predicted octanol–water partition coefficient (Wildman–Crippen LogP) is 3.18. The zero-order valence-corrected chi connectivity index (χ0v) is 15.7. The van der Waals surface area contributed by atoms with Crippen molar-refractivity contribution in [2.45, 2.75) is 0 Å². The summed E-state index contributed by atoms with van der Waals surface area (Å²) in [5.41, 5.74) is 0. The normalized spacial score (nSPS) is 10.5. The molecule has 3 aromatic carbocycles. The van der Waals surface area contributed by atoms with E-state index in [9.17, 15) is 9.59 Å². The molecule has 1 amide bonds. The molecule has 7 heteroatoms. The first-order valence-electron chi connectivity index (χ1n) is 9.07. The topological polar surface area (TPSA) is 94.1 Å². The minimum absolute atomic E-state index is 0.00931. The minimum Gasteiger partial charge on any atom is -0.490 e. The number of hydrogen-bond acceptors (Lipinski definition) is 6. The zero-order valence-electron chi connectivity index (χ0n) is 15.7. The van der Waals surface area contributed by atoms with Gasteiger partial charge in [0.05, 0.1) is 13.2 Å². The lowest BCUT2D eigenvalue weighted by Gasteiger charge is -2.17. The van der Waals surface area contributed by atoms with E-state index in [1.165, 1.54) is 0 Å². The number of hydrogen-bond donors (Lipinski definition) is 2. The molecule has 7 nitrogen and oxygen atoms in total. The highest BCUT2D eigenvalue weighted by molar-refractivity contribution is 6.11. The molecular formula is C22H21NO6. The second-order valence-electron chi connectivity index (χ2n) is 6.01. The largest absolute Gasteiger partial charge is 0.490 e. The summed E-state index contributed by atoms with van der Waals surface area (Å²) in [6.45, 7) is 3.46. The van der Waals surface area contributed by atoms with Gasteiger partial charge in [0.2, 0.25) is 0 Å². The molecule has 0 atom stereocenters. The van der Waals surface area contributed by atoms with Gasteiger partial charge in [0.15, 0.2) is 0 Å². The van der Waals surface area contributed by atoms with Gasteiger partial charge in [0.1, 0.15) is 24.7 Å². The highest BCUT2D eigenvalue weighted by Crippen LogP contribution is 2.42. The first kappa shape index (κ1) is 20.2. The Labute approximate surface area is 167 Å². The van der Waals surface area contributed by atoms with Crippen LogP contribution in [0.2, 0.25) is 0 Å². The monoisotopic (exact) mass is 395 g/mol. The number of benzene rings is 3. The van der Waals surface area contributed by atoms with Crippen LogP contribution in [0, 0.1) is 0 Å². The van der Waals surface area contributed by atoms with Gasteiger partial charge in [-0.1, -0.05) is 55.1 Å². The maximum absolute atomic E-state index is 12.3. The third kappa shape index (κ3) is 4.64. The van der Waals surface area contributed by atoms with Crippen LogP contribution in [0.4, 0.5) is 4.79 Å². The van der Waals surface area contributed by atoms with E-state index in [0.29, 0.717) is 22.3 Å². The predicted molar refractivity (Wildman–Crippen MR) is 109 cm³/mol. The van der Waals surface area contributed by atoms with Gasteiger partial charge in [-0.15, -0.1) is 0 Å². The first-order chi connectivity index (χ1) is 14.2. The highest BCUT2D eigenvalue weighted by atomic mass is 16.6. The molecule has 3 aromatic rings. The van der Waals surface area contributed by atoms with Gasteiger partial charge in [0, 0.05) is 27.6 Å². The van der Waals surface area contributed by atoms with E-state index in [2.05, 4.69) is 11.9 Å². The standard InChI is InChI=1S/C22H21NO6/c1-2-19(25)27-13-11-23-22(26)29-21-17-9-5-3-7-15(17)20(28-14-12-24)16-8-4-6-10-18(16)21/h2-10,24H,1,11-14H2,(H,23,26). The summed E-state index contributed by atoms with van der Waals surface area (Å²) in [4.78, 5) is 23.3. The van der Waals surface area contributed by atoms with Crippen molar-refractivity contribution < 1.29 is 28.9 Å². The van der Waals surface area contributed by atoms with E-state index in [1.54, 1.807) is 0 Å². The molecule has 0 fully saturated rings. The first-order valence-corrected chi connectivity index (χ1v) is 9.07. The van der Waals surface area contributed by atoms with E-state index in [1.807, 2.05) is 48.5 Å². The molecule has 0 aliphatic heterocycles. The van der Waals surface area contributed by atoms with Crippen LogP contribution in [0.5, 0.6) is 11.5 Å². The molecule has 2 N–H and O–H groups in total. The number of aliphatic hydroxyl groups is 1. The molecule has 29 heavy (non-hydrogen) atoms. The number of ether oxygens (including phenoxy) is 3. The smallest absolute Gasteiger partial charge is 0.412 e. The maximum Gasteiger partial charge on any atom is 0.412 e. The summed E-state index contributed by atoms with van der Waals surface area (Å²) < 4.78 is 16.2. The summed E-state index contributed by atoms with van der Waals surface area (Å²) in [6, 6.07) is 14.8. The van der Waals surface area contributed by atoms with E-state index >= 15 is 0 Å². The molecule has 0 radical (unpaired) electrons. The van der Waals surface area contributed by atoms with Gasteiger partial charge in [-0.2, -0.15) is 0 Å². The van der Waals surface area contributed by atoms with Gasteiger partial charge in [-0.25, -0.2) is 9.59 Å². The molecule has 0 aliphatic rings. The van der Waals surface area contributed by atoms with Crippen LogP contribution in [0.25, 0.3) is 21.5 Å². The Balaban J connectivity index is 1.91. The van der Waals surface area contributed by atoms with Crippen molar-refractivity contribution in [2.24, 2.45) is 0 Å². The fourth-order valence-corrected chi connectivity index (χ4v) is 2.95. The lowest BCUT2D eigenvalue weighted by Crippen LogP contribution is -2.30. The van der Waals surface area contributed by atoms with Crippen LogP contribution in [-0.2, 0) is 9.53 Å². The van der Waals surface area contributed by atoms with Gasteiger partial charge in [0.25, 0.3) is 0 Å². The fraction of sp³-hybridized carbons (Fsp3) is 0.182. The Morgan fingerprint density at radius 1 is 0.931 bits per heavy atom. The van der Waals surface area contributed by atoms with Gasteiger partial charge in [-0.3, -0.25) is 0 Å². The summed E-state index contributed by atoms with van der Waals surface area (Å²) in [7, 11) is 0. The molecule has 0 saturated heterocycles. The molecule has 0 unspecified atom stereocenters. The number of fused-ring (bicyclic) bond motifs is 2. The molecule has 0 aliphatic carbocycles. The molecule has 0 bridgehead atoms. The number of carbonyl (C=O) groups is 2. The SMILES string of the molecule is C=CC(=O)OCCNC(=O)Oc1c2ccccc2c(OCCO)c2ccccc12. The second-order valence-corrected chi connectivity index (χ2v) is 6.01. The highest BCUT2D eigenvalue weighted by Gasteiger charge is 2.18. The Bertz CT molecular complexity index is 989. The number of rotatable bonds is 8. The van der Waals surface area contributed by atoms with Gasteiger partial charge >= 0.3 is 12.1 Å². The minimum atomic E-state index is -0.668. The van der Waals surface area contributed by atoms with Crippen molar-refractivity contribution in [3.05, 3.63) is 61.2 Å². The van der Waals surface area contributed by atoms with E-state index < -0.39 is 12.1 Å². The van der Waals surface area contributed by atoms with Crippen molar-refractivity contribution in [2.75, 3.05) is 26.4 Å². The van der Waals surface area contributed by atoms with Crippen LogP contribution < -0.4 is 14.8 Å². The molecule has 150 valence electrons. The van der Waals surface area contributed by atoms with Crippen molar-refractivity contribution in [1.29, 1.82) is 0 Å². The average Bonchev–Trinajstić information content (AvgIpc) is 2.76. The van der Waals surface area contributed by atoms with Crippen LogP contribution in [0.3, 0.4) is 0 Å². The molecule has 0 aromatic heterocycles. The van der Waals surface area contributed by atoms with Crippen molar-refractivity contribution >= 4 is 33.6 Å². The number of esters is 1. The Kier molecular flexibility index (Phi) is 6.65. The van der Waals surface area contributed by atoms with Crippen molar-refractivity contribution in [3.63, 3.8) is 0 Å². The summed E-state index contributed by atoms with van der Waals surface area (Å²) in [5, 5.41) is 14.6. The Hall–Kier alpha value is -3.58. The molecule has 3 rings (SSSR count).